The van der Waals surface area contributed by atoms with Gasteiger partial charge in [-0.2, -0.15) is 13.2 Å². The molecule has 2 heterocycles. The van der Waals surface area contributed by atoms with Gasteiger partial charge in [0, 0.05) is 11.8 Å². The van der Waals surface area contributed by atoms with Gasteiger partial charge in [-0.25, -0.2) is 4.68 Å². The van der Waals surface area contributed by atoms with E-state index in [9.17, 15) is 22.8 Å². The van der Waals surface area contributed by atoms with Crippen molar-refractivity contribution in [2.45, 2.75) is 51.6 Å². The number of benzene rings is 1. The molecule has 1 aromatic heterocycles. The number of Topliss-reactive ketones (excluding diaryl/α,β-unsaturated/α-hetero) is 1. The van der Waals surface area contributed by atoms with Crippen LogP contribution in [0.1, 0.15) is 37.1 Å². The largest absolute Gasteiger partial charge is 0.468 e. The van der Waals surface area contributed by atoms with Gasteiger partial charge in [0.05, 0.1) is 37.1 Å². The Morgan fingerprint density at radius 3 is 2.56 bits per heavy atom. The number of alkyl halides is 3. The zero-order valence-electron chi connectivity index (χ0n) is 18.0. The lowest BCUT2D eigenvalue weighted by atomic mass is 9.72. The van der Waals surface area contributed by atoms with E-state index >= 15 is 0 Å². The summed E-state index contributed by atoms with van der Waals surface area (Å²) in [5.41, 5.74) is -0.766. The van der Waals surface area contributed by atoms with Gasteiger partial charge in [0.25, 0.3) is 0 Å². The highest BCUT2D eigenvalue weighted by Gasteiger charge is 2.54. The molecule has 10 heteroatoms. The second-order valence-electron chi connectivity index (χ2n) is 7.96. The fourth-order valence-corrected chi connectivity index (χ4v) is 3.72. The number of ketones is 1. The molecule has 1 aliphatic rings. The number of carbonyl (C=O) groups is 2. The standard InChI is InChI=1S/C22H24F3N3O4/c1-13-14(2)32-18(21(3,19(13)29)20(30)31-4)10-9-17-12-28(27-26-17)11-15-5-7-16(8-6-15)22(23,24)25/h5-8,12,14,18H,1,9-11H2,2-4H3. The molecule has 3 atom stereocenters. The van der Waals surface area contributed by atoms with E-state index in [-0.39, 0.29) is 12.1 Å². The smallest absolute Gasteiger partial charge is 0.416 e. The molecule has 0 N–H and O–H groups in total. The summed E-state index contributed by atoms with van der Waals surface area (Å²) >= 11 is 0. The Bertz CT molecular complexity index is 1020. The van der Waals surface area contributed by atoms with Crippen molar-refractivity contribution in [2.75, 3.05) is 7.11 Å². The molecule has 172 valence electrons. The van der Waals surface area contributed by atoms with Crippen molar-refractivity contribution in [3.8, 4) is 0 Å². The highest BCUT2D eigenvalue weighted by Crippen LogP contribution is 2.39. The summed E-state index contributed by atoms with van der Waals surface area (Å²) in [7, 11) is 1.21. The molecule has 0 spiro atoms. The van der Waals surface area contributed by atoms with E-state index in [1.807, 2.05) is 0 Å². The number of esters is 1. The second-order valence-corrected chi connectivity index (χ2v) is 7.96. The zero-order chi connectivity index (χ0) is 23.7. The third-order valence-corrected chi connectivity index (χ3v) is 5.75. The lowest BCUT2D eigenvalue weighted by Gasteiger charge is -2.41. The number of nitrogens with zero attached hydrogens (tertiary/aromatic N) is 3. The maximum atomic E-state index is 12.8. The van der Waals surface area contributed by atoms with Crippen LogP contribution in [0.4, 0.5) is 13.2 Å². The maximum absolute atomic E-state index is 12.8. The molecule has 1 aromatic carbocycles. The normalized spacial score (nSPS) is 23.9. The molecule has 1 saturated heterocycles. The first-order valence-corrected chi connectivity index (χ1v) is 9.99. The molecular formula is C22H24F3N3O4. The first kappa shape index (κ1) is 23.6. The molecule has 1 aliphatic heterocycles. The number of hydrogen-bond donors (Lipinski definition) is 0. The molecule has 0 saturated carbocycles. The number of hydrogen-bond acceptors (Lipinski definition) is 6. The quantitative estimate of drug-likeness (QED) is 0.381. The molecule has 2 aromatic rings. The molecule has 7 nitrogen and oxygen atoms in total. The van der Waals surface area contributed by atoms with Crippen LogP contribution in [0.3, 0.4) is 0 Å². The van der Waals surface area contributed by atoms with Gasteiger partial charge in [0.15, 0.2) is 11.2 Å². The Labute approximate surface area is 183 Å². The SMILES string of the molecule is C=C1C(=O)C(C)(C(=O)OC)C(CCc2cn(Cc3ccc(C(F)(F)F)cc3)nn2)OC1C. The third kappa shape index (κ3) is 4.59. The van der Waals surface area contributed by atoms with Gasteiger partial charge in [-0.3, -0.25) is 9.59 Å². The average molecular weight is 451 g/mol. The molecule has 0 bridgehead atoms. The number of rotatable bonds is 6. The van der Waals surface area contributed by atoms with Crippen LogP contribution < -0.4 is 0 Å². The van der Waals surface area contributed by atoms with Crippen molar-refractivity contribution in [2.24, 2.45) is 5.41 Å². The number of halogens is 3. The molecule has 0 aliphatic carbocycles. The summed E-state index contributed by atoms with van der Waals surface area (Å²) < 4.78 is 50.3. The summed E-state index contributed by atoms with van der Waals surface area (Å²) in [6, 6.07) is 4.82. The van der Waals surface area contributed by atoms with Gasteiger partial charge >= 0.3 is 12.1 Å². The van der Waals surface area contributed by atoms with Crippen LogP contribution in [-0.4, -0.2) is 46.1 Å². The van der Waals surface area contributed by atoms with Gasteiger partial charge in [0.1, 0.15) is 0 Å². The lowest BCUT2D eigenvalue weighted by Crippen LogP contribution is -2.55. The predicted molar refractivity (Wildman–Crippen MR) is 107 cm³/mol. The highest BCUT2D eigenvalue weighted by atomic mass is 19.4. The Kier molecular flexibility index (Phi) is 6.54. The van der Waals surface area contributed by atoms with Crippen molar-refractivity contribution < 1.29 is 32.2 Å². The van der Waals surface area contributed by atoms with Crippen LogP contribution in [0, 0.1) is 5.41 Å². The number of aromatic nitrogens is 3. The number of ether oxygens (including phenoxy) is 2. The van der Waals surface area contributed by atoms with Crippen LogP contribution in [0.25, 0.3) is 0 Å². The number of methoxy groups -OCH3 is 1. The van der Waals surface area contributed by atoms with Crippen molar-refractivity contribution in [1.82, 2.24) is 15.0 Å². The van der Waals surface area contributed by atoms with Crippen LogP contribution in [0.2, 0.25) is 0 Å². The Morgan fingerprint density at radius 1 is 1.31 bits per heavy atom. The van der Waals surface area contributed by atoms with E-state index in [2.05, 4.69) is 16.9 Å². The number of aryl methyl sites for hydroxylation is 1. The molecule has 1 fully saturated rings. The fourth-order valence-electron chi connectivity index (χ4n) is 3.72. The molecule has 0 radical (unpaired) electrons. The van der Waals surface area contributed by atoms with Gasteiger partial charge in [-0.05, 0) is 44.4 Å². The first-order chi connectivity index (χ1) is 15.0. The topological polar surface area (TPSA) is 83.3 Å². The van der Waals surface area contributed by atoms with Gasteiger partial charge < -0.3 is 9.47 Å². The Morgan fingerprint density at radius 2 is 1.97 bits per heavy atom. The predicted octanol–water partition coefficient (Wildman–Crippen LogP) is 3.37. The van der Waals surface area contributed by atoms with E-state index in [0.717, 1.165) is 12.1 Å². The average Bonchev–Trinajstić information content (AvgIpc) is 3.20. The van der Waals surface area contributed by atoms with Gasteiger partial charge in [-0.15, -0.1) is 5.10 Å². The van der Waals surface area contributed by atoms with Gasteiger partial charge in [0.2, 0.25) is 0 Å². The van der Waals surface area contributed by atoms with E-state index in [4.69, 9.17) is 9.47 Å². The molecule has 3 rings (SSSR count). The second kappa shape index (κ2) is 8.85. The number of carbonyl (C=O) groups excluding carboxylic acids is 2. The third-order valence-electron chi connectivity index (χ3n) is 5.75. The summed E-state index contributed by atoms with van der Waals surface area (Å²) in [5, 5.41) is 8.09. The lowest BCUT2D eigenvalue weighted by molar-refractivity contribution is -0.175. The first-order valence-electron chi connectivity index (χ1n) is 9.99. The molecule has 3 unspecified atom stereocenters. The van der Waals surface area contributed by atoms with Crippen molar-refractivity contribution >= 4 is 11.8 Å². The Balaban J connectivity index is 1.68. The van der Waals surface area contributed by atoms with E-state index in [1.54, 1.807) is 13.1 Å². The van der Waals surface area contributed by atoms with Gasteiger partial charge in [-0.1, -0.05) is 23.9 Å². The van der Waals surface area contributed by atoms with Crippen molar-refractivity contribution in [3.63, 3.8) is 0 Å². The molecule has 32 heavy (non-hydrogen) atoms. The highest BCUT2D eigenvalue weighted by molar-refractivity contribution is 6.13. The van der Waals surface area contributed by atoms with Crippen LogP contribution in [0.15, 0.2) is 42.6 Å². The molecular weight excluding hydrogens is 427 g/mol. The summed E-state index contributed by atoms with van der Waals surface area (Å²) in [6.07, 6.45) is -3.29. The summed E-state index contributed by atoms with van der Waals surface area (Å²) in [4.78, 5) is 25.2. The minimum atomic E-state index is -4.38. The minimum absolute atomic E-state index is 0.219. The monoisotopic (exact) mass is 451 g/mol. The zero-order valence-corrected chi connectivity index (χ0v) is 18.0. The van der Waals surface area contributed by atoms with E-state index in [0.29, 0.717) is 24.1 Å². The minimum Gasteiger partial charge on any atom is -0.468 e. The fraction of sp³-hybridized carbons (Fsp3) is 0.455. The summed E-state index contributed by atoms with van der Waals surface area (Å²) in [6.45, 7) is 7.17. The van der Waals surface area contributed by atoms with E-state index in [1.165, 1.54) is 30.8 Å². The van der Waals surface area contributed by atoms with Crippen LogP contribution in [-0.2, 0) is 38.2 Å². The van der Waals surface area contributed by atoms with Crippen LogP contribution >= 0.6 is 0 Å². The van der Waals surface area contributed by atoms with E-state index < -0.39 is 41.1 Å². The van der Waals surface area contributed by atoms with Crippen LogP contribution in [0.5, 0.6) is 0 Å². The van der Waals surface area contributed by atoms with Crippen molar-refractivity contribution in [3.05, 3.63) is 59.4 Å². The molecule has 0 amide bonds. The Hall–Kier alpha value is -3.01. The summed E-state index contributed by atoms with van der Waals surface area (Å²) in [5.74, 6) is -1.09. The van der Waals surface area contributed by atoms with Crippen molar-refractivity contribution in [1.29, 1.82) is 0 Å². The maximum Gasteiger partial charge on any atom is 0.416 e.